The fraction of sp³-hybridized carbons (Fsp3) is 0.0714. The summed E-state index contributed by atoms with van der Waals surface area (Å²) in [6, 6.07) is 13.0. The average Bonchev–Trinajstić information content (AvgIpc) is 2.34. The molecule has 0 saturated carbocycles. The molecule has 0 spiro atoms. The molecule has 0 aromatic heterocycles. The first-order valence-electron chi connectivity index (χ1n) is 5.55. The van der Waals surface area contributed by atoms with Gasteiger partial charge in [-0.2, -0.15) is 0 Å². The number of amides is 1. The second-order valence-electron chi connectivity index (χ2n) is 3.88. The molecular formula is C14H11Br2NO2. The zero-order valence-corrected chi connectivity index (χ0v) is 13.3. The third-order valence-electron chi connectivity index (χ3n) is 2.29. The van der Waals surface area contributed by atoms with Crippen LogP contribution in [0.5, 0.6) is 11.5 Å². The molecule has 0 aliphatic carbocycles. The second kappa shape index (κ2) is 6.21. The second-order valence-corrected chi connectivity index (χ2v) is 5.65. The van der Waals surface area contributed by atoms with Crippen LogP contribution in [-0.2, 0) is 4.79 Å². The van der Waals surface area contributed by atoms with E-state index in [4.69, 9.17) is 4.74 Å². The Labute approximate surface area is 128 Å². The highest BCUT2D eigenvalue weighted by atomic mass is 79.9. The Morgan fingerprint density at radius 3 is 2.37 bits per heavy atom. The Morgan fingerprint density at radius 2 is 1.79 bits per heavy atom. The largest absolute Gasteiger partial charge is 0.456 e. The first-order chi connectivity index (χ1) is 9.04. The number of carbonyl (C=O) groups excluding carboxylic acids is 1. The van der Waals surface area contributed by atoms with Crippen molar-refractivity contribution in [3.8, 4) is 11.5 Å². The van der Waals surface area contributed by atoms with Gasteiger partial charge in [-0.15, -0.1) is 0 Å². The zero-order valence-electron chi connectivity index (χ0n) is 10.1. The fourth-order valence-electron chi connectivity index (χ4n) is 1.49. The van der Waals surface area contributed by atoms with Gasteiger partial charge in [0.25, 0.3) is 0 Å². The maximum absolute atomic E-state index is 11.0. The summed E-state index contributed by atoms with van der Waals surface area (Å²) in [5.41, 5.74) is 0.725. The summed E-state index contributed by atoms with van der Waals surface area (Å²) in [7, 11) is 0. The summed E-state index contributed by atoms with van der Waals surface area (Å²) in [5, 5.41) is 2.71. The Balaban J connectivity index is 2.17. The van der Waals surface area contributed by atoms with E-state index in [1.807, 2.05) is 24.3 Å². The molecule has 0 unspecified atom stereocenters. The number of nitrogens with one attached hydrogen (secondary N) is 1. The molecule has 3 nitrogen and oxygen atoms in total. The summed E-state index contributed by atoms with van der Waals surface area (Å²) in [5.74, 6) is 1.33. The molecular weight excluding hydrogens is 374 g/mol. The van der Waals surface area contributed by atoms with E-state index in [9.17, 15) is 4.79 Å². The summed E-state index contributed by atoms with van der Waals surface area (Å²) < 4.78 is 7.52. The number of benzene rings is 2. The van der Waals surface area contributed by atoms with E-state index in [1.54, 1.807) is 18.2 Å². The summed E-state index contributed by atoms with van der Waals surface area (Å²) in [6.07, 6.45) is 0. The molecule has 5 heteroatoms. The van der Waals surface area contributed by atoms with Crippen molar-refractivity contribution in [3.63, 3.8) is 0 Å². The van der Waals surface area contributed by atoms with Crippen LogP contribution in [0.3, 0.4) is 0 Å². The molecule has 0 radical (unpaired) electrons. The number of ether oxygens (including phenoxy) is 1. The van der Waals surface area contributed by atoms with Crippen molar-refractivity contribution >= 4 is 43.5 Å². The number of hydrogen-bond acceptors (Lipinski definition) is 2. The Hall–Kier alpha value is -1.33. The predicted octanol–water partition coefficient (Wildman–Crippen LogP) is 4.96. The molecule has 1 N–H and O–H groups in total. The lowest BCUT2D eigenvalue weighted by molar-refractivity contribution is -0.114. The SMILES string of the molecule is CC(=O)Nc1ccc(Oc2ccc(Br)cc2)c(Br)c1. The molecule has 98 valence electrons. The number of rotatable bonds is 3. The number of anilines is 1. The van der Waals surface area contributed by atoms with Gasteiger partial charge in [-0.25, -0.2) is 0 Å². The van der Waals surface area contributed by atoms with Crippen molar-refractivity contribution in [2.75, 3.05) is 5.32 Å². The van der Waals surface area contributed by atoms with Crippen LogP contribution in [0.2, 0.25) is 0 Å². The maximum Gasteiger partial charge on any atom is 0.221 e. The molecule has 0 fully saturated rings. The number of hydrogen-bond donors (Lipinski definition) is 1. The van der Waals surface area contributed by atoms with Gasteiger partial charge in [-0.1, -0.05) is 15.9 Å². The van der Waals surface area contributed by atoms with E-state index in [1.165, 1.54) is 6.92 Å². The van der Waals surface area contributed by atoms with E-state index in [-0.39, 0.29) is 5.91 Å². The van der Waals surface area contributed by atoms with Gasteiger partial charge in [0.1, 0.15) is 11.5 Å². The van der Waals surface area contributed by atoms with Gasteiger partial charge in [0.05, 0.1) is 4.47 Å². The molecule has 0 heterocycles. The van der Waals surface area contributed by atoms with Crippen molar-refractivity contribution in [1.29, 1.82) is 0 Å². The Bertz CT molecular complexity index is 597. The molecule has 0 bridgehead atoms. The summed E-state index contributed by atoms with van der Waals surface area (Å²) >= 11 is 6.80. The quantitative estimate of drug-likeness (QED) is 0.811. The predicted molar refractivity (Wildman–Crippen MR) is 82.7 cm³/mol. The van der Waals surface area contributed by atoms with Crippen molar-refractivity contribution < 1.29 is 9.53 Å². The Morgan fingerprint density at radius 1 is 1.11 bits per heavy atom. The molecule has 2 aromatic carbocycles. The molecule has 1 amide bonds. The third kappa shape index (κ3) is 4.08. The first-order valence-corrected chi connectivity index (χ1v) is 7.14. The maximum atomic E-state index is 11.0. The molecule has 0 atom stereocenters. The smallest absolute Gasteiger partial charge is 0.221 e. The summed E-state index contributed by atoms with van der Waals surface area (Å²) in [6.45, 7) is 1.47. The van der Waals surface area contributed by atoms with E-state index in [2.05, 4.69) is 37.2 Å². The van der Waals surface area contributed by atoms with Crippen molar-refractivity contribution in [1.82, 2.24) is 0 Å². The molecule has 0 aliphatic rings. The monoisotopic (exact) mass is 383 g/mol. The average molecular weight is 385 g/mol. The van der Waals surface area contributed by atoms with Crippen molar-refractivity contribution in [2.24, 2.45) is 0 Å². The standard InChI is InChI=1S/C14H11Br2NO2/c1-9(18)17-11-4-7-14(13(16)8-11)19-12-5-2-10(15)3-6-12/h2-8H,1H3,(H,17,18). The van der Waals surface area contributed by atoms with Crippen LogP contribution in [0, 0.1) is 0 Å². The molecule has 2 rings (SSSR count). The van der Waals surface area contributed by atoms with Gasteiger partial charge in [-0.05, 0) is 58.4 Å². The summed E-state index contributed by atoms with van der Waals surface area (Å²) in [4.78, 5) is 11.0. The van der Waals surface area contributed by atoms with Gasteiger partial charge >= 0.3 is 0 Å². The molecule has 0 aliphatic heterocycles. The Kier molecular flexibility index (Phi) is 4.61. The number of halogens is 2. The van der Waals surface area contributed by atoms with Crippen LogP contribution in [0.1, 0.15) is 6.92 Å². The zero-order chi connectivity index (χ0) is 13.8. The van der Waals surface area contributed by atoms with E-state index in [0.29, 0.717) is 5.75 Å². The minimum Gasteiger partial charge on any atom is -0.456 e. The highest BCUT2D eigenvalue weighted by Gasteiger charge is 2.05. The fourth-order valence-corrected chi connectivity index (χ4v) is 2.22. The van der Waals surface area contributed by atoms with Gasteiger partial charge in [0.2, 0.25) is 5.91 Å². The minimum absolute atomic E-state index is 0.103. The van der Waals surface area contributed by atoms with Crippen molar-refractivity contribution in [3.05, 3.63) is 51.4 Å². The topological polar surface area (TPSA) is 38.3 Å². The minimum atomic E-state index is -0.103. The van der Waals surface area contributed by atoms with Gasteiger partial charge in [0.15, 0.2) is 0 Å². The van der Waals surface area contributed by atoms with E-state index < -0.39 is 0 Å². The highest BCUT2D eigenvalue weighted by Crippen LogP contribution is 2.32. The van der Waals surface area contributed by atoms with Crippen LogP contribution in [-0.4, -0.2) is 5.91 Å². The first kappa shape index (κ1) is 14.1. The lowest BCUT2D eigenvalue weighted by atomic mass is 10.3. The van der Waals surface area contributed by atoms with Crippen LogP contribution in [0.4, 0.5) is 5.69 Å². The third-order valence-corrected chi connectivity index (χ3v) is 3.44. The van der Waals surface area contributed by atoms with Gasteiger partial charge in [0, 0.05) is 17.1 Å². The van der Waals surface area contributed by atoms with Crippen LogP contribution >= 0.6 is 31.9 Å². The molecule has 0 saturated heterocycles. The van der Waals surface area contributed by atoms with E-state index >= 15 is 0 Å². The lowest BCUT2D eigenvalue weighted by Crippen LogP contribution is -2.05. The van der Waals surface area contributed by atoms with Crippen LogP contribution in [0.25, 0.3) is 0 Å². The molecule has 19 heavy (non-hydrogen) atoms. The molecule has 2 aromatic rings. The van der Waals surface area contributed by atoms with Crippen molar-refractivity contribution in [2.45, 2.75) is 6.92 Å². The van der Waals surface area contributed by atoms with Crippen LogP contribution in [0.15, 0.2) is 51.4 Å². The van der Waals surface area contributed by atoms with E-state index in [0.717, 1.165) is 20.4 Å². The number of carbonyl (C=O) groups is 1. The highest BCUT2D eigenvalue weighted by molar-refractivity contribution is 9.10. The van der Waals surface area contributed by atoms with Crippen LogP contribution < -0.4 is 10.1 Å². The van der Waals surface area contributed by atoms with Gasteiger partial charge in [-0.3, -0.25) is 4.79 Å². The lowest BCUT2D eigenvalue weighted by Gasteiger charge is -2.09. The normalized spacial score (nSPS) is 10.1. The van der Waals surface area contributed by atoms with Gasteiger partial charge < -0.3 is 10.1 Å².